The van der Waals surface area contributed by atoms with Crippen molar-refractivity contribution in [3.8, 4) is 5.75 Å². The van der Waals surface area contributed by atoms with Gasteiger partial charge in [0.2, 0.25) is 22.9 Å². The second kappa shape index (κ2) is 31.9. The Hall–Kier alpha value is -6.40. The van der Waals surface area contributed by atoms with Crippen LogP contribution in [0.4, 0.5) is 28.4 Å². The largest absolute Gasteiger partial charge is 0.507 e. The summed E-state index contributed by atoms with van der Waals surface area (Å²) >= 11 is 0. The van der Waals surface area contributed by atoms with Gasteiger partial charge in [0.1, 0.15) is 17.3 Å². The summed E-state index contributed by atoms with van der Waals surface area (Å²) in [7, 11) is 0. The molecule has 0 fully saturated rings. The molecule has 0 heterocycles. The van der Waals surface area contributed by atoms with Crippen molar-refractivity contribution in [1.29, 1.82) is 0 Å². The maximum atomic E-state index is 14.2. The van der Waals surface area contributed by atoms with E-state index in [-0.39, 0.29) is 39.6 Å². The van der Waals surface area contributed by atoms with Gasteiger partial charge in [0, 0.05) is 64.6 Å². The predicted octanol–water partition coefficient (Wildman–Crippen LogP) is 20.6. The summed E-state index contributed by atoms with van der Waals surface area (Å²) in [6, 6.07) is 40.3. The number of allylic oxidation sites excluding steroid dienone is 5. The van der Waals surface area contributed by atoms with Gasteiger partial charge in [-0.3, -0.25) is 4.79 Å². The molecule has 0 atom stereocenters. The van der Waals surface area contributed by atoms with Crippen LogP contribution in [0.15, 0.2) is 156 Å². The van der Waals surface area contributed by atoms with Gasteiger partial charge >= 0.3 is 0 Å². The van der Waals surface area contributed by atoms with Crippen molar-refractivity contribution in [3.05, 3.63) is 184 Å². The molecule has 2 aliphatic carbocycles. The zero-order valence-corrected chi connectivity index (χ0v) is 48.1. The summed E-state index contributed by atoms with van der Waals surface area (Å²) in [5.41, 5.74) is 11.1. The average molecular weight is 1050 g/mol. The van der Waals surface area contributed by atoms with Crippen LogP contribution in [0, 0.1) is 0 Å². The van der Waals surface area contributed by atoms with Crippen LogP contribution < -0.4 is 9.48 Å². The Morgan fingerprint density at radius 2 is 0.756 bits per heavy atom. The van der Waals surface area contributed by atoms with Crippen molar-refractivity contribution < 1.29 is 20.1 Å². The second-order valence-electron chi connectivity index (χ2n) is 22.2. The fraction of sp³-hybridized carbons (Fsp3) is 0.444. The van der Waals surface area contributed by atoms with Crippen LogP contribution in [0.3, 0.4) is 0 Å². The lowest BCUT2D eigenvalue weighted by Gasteiger charge is -2.28. The van der Waals surface area contributed by atoms with Crippen molar-refractivity contribution in [1.82, 2.24) is 4.58 Å². The normalized spacial score (nSPS) is 14.3. The number of benzene rings is 5. The number of aliphatic hydroxyl groups excluding tert-OH is 2. The van der Waals surface area contributed by atoms with Gasteiger partial charge in [-0.2, -0.15) is 4.58 Å². The Balaban J connectivity index is 1.13. The maximum Gasteiger partial charge on any atom is 0.215 e. The van der Waals surface area contributed by atoms with E-state index in [1.807, 2.05) is 12.1 Å². The van der Waals surface area contributed by atoms with Crippen molar-refractivity contribution >= 4 is 45.5 Å². The summed E-state index contributed by atoms with van der Waals surface area (Å²) < 4.78 is 2.14. The average Bonchev–Trinajstić information content (AvgIpc) is 3.55. The predicted molar refractivity (Wildman–Crippen MR) is 332 cm³/mol. The van der Waals surface area contributed by atoms with Gasteiger partial charge in [-0.05, 0) is 116 Å². The molecule has 0 aliphatic heterocycles. The number of hydrogen-bond acceptors (Lipinski definition) is 5. The number of nitrogens with zero attached hydrogens (tertiary/aromatic N) is 2. The molecule has 6 nitrogen and oxygen atoms in total. The molecule has 0 amide bonds. The van der Waals surface area contributed by atoms with E-state index in [0.29, 0.717) is 0 Å². The summed E-state index contributed by atoms with van der Waals surface area (Å²) in [5, 5.41) is 35.3. The Morgan fingerprint density at radius 3 is 1.12 bits per heavy atom. The smallest absolute Gasteiger partial charge is 0.215 e. The van der Waals surface area contributed by atoms with Crippen LogP contribution in [0.5, 0.6) is 5.75 Å². The zero-order valence-electron chi connectivity index (χ0n) is 48.1. The van der Waals surface area contributed by atoms with Crippen LogP contribution in [-0.2, 0) is 30.5 Å². The van der Waals surface area contributed by atoms with Crippen LogP contribution in [-0.4, -0.2) is 26.8 Å². The third-order valence-electron chi connectivity index (χ3n) is 16.0. The van der Waals surface area contributed by atoms with Crippen molar-refractivity contribution in [3.63, 3.8) is 0 Å². The van der Waals surface area contributed by atoms with Crippen LogP contribution in [0.2, 0.25) is 0 Å². The van der Waals surface area contributed by atoms with Gasteiger partial charge in [0.05, 0.1) is 17.2 Å². The van der Waals surface area contributed by atoms with E-state index in [9.17, 15) is 20.1 Å². The molecule has 0 spiro atoms. The zero-order chi connectivity index (χ0) is 54.9. The van der Waals surface area contributed by atoms with Gasteiger partial charge < -0.3 is 20.2 Å². The molecule has 0 saturated carbocycles. The molecular weight excluding hydrogens is 957 g/mol. The number of ketones is 1. The minimum absolute atomic E-state index is 0.0332. The van der Waals surface area contributed by atoms with Crippen molar-refractivity contribution in [2.45, 2.75) is 207 Å². The van der Waals surface area contributed by atoms with Gasteiger partial charge in [-0.15, -0.1) is 0 Å². The third-order valence-corrected chi connectivity index (χ3v) is 16.0. The number of phenolic OH excluding ortho intramolecular Hbond substituents is 1. The summed E-state index contributed by atoms with van der Waals surface area (Å²) in [4.78, 5) is 16.3. The first-order valence-electron chi connectivity index (χ1n) is 30.7. The highest BCUT2D eigenvalue weighted by atomic mass is 16.3. The number of Topliss-reactive ketones (excluding diaryl/α,β-unsaturated/α-hetero) is 1. The number of aliphatic hydroxyl groups is 2. The lowest BCUT2D eigenvalue weighted by Crippen LogP contribution is -2.24. The molecule has 7 rings (SSSR count). The topological polar surface area (TPSA) is 84.0 Å². The van der Waals surface area contributed by atoms with E-state index in [4.69, 9.17) is 0 Å². The van der Waals surface area contributed by atoms with E-state index in [1.54, 1.807) is 24.3 Å². The van der Waals surface area contributed by atoms with E-state index in [2.05, 4.69) is 134 Å². The Kier molecular flexibility index (Phi) is 24.2. The number of aromatic hydroxyl groups is 1. The van der Waals surface area contributed by atoms with E-state index in [1.165, 1.54) is 176 Å². The highest BCUT2D eigenvalue weighted by Crippen LogP contribution is 2.45. The molecule has 0 bridgehead atoms. The first kappa shape index (κ1) is 59.3. The number of phenols is 1. The van der Waals surface area contributed by atoms with Crippen LogP contribution in [0.1, 0.15) is 210 Å². The Labute approximate surface area is 470 Å². The number of carbonyl (C=O) groups is 1. The van der Waals surface area contributed by atoms with Gasteiger partial charge in [0.15, 0.2) is 0 Å². The number of aryl methyl sites for hydroxylation is 4. The first-order valence-corrected chi connectivity index (χ1v) is 30.7. The molecule has 3 N–H and O–H groups in total. The summed E-state index contributed by atoms with van der Waals surface area (Å²) in [6.07, 6.45) is 39.8. The van der Waals surface area contributed by atoms with Crippen LogP contribution >= 0.6 is 0 Å². The molecular formula is C72H93N2O4+. The molecule has 6 heteroatoms. The SMILES string of the molecule is CCCCCCCCc1ccc(N(c2ccc(CCCCCCCC)cc2)c2ccc(C3=C(O)/C(=C4/C=CC(=[N+](c5ccc(CCCCCCCC)cc5)c5ccc(CCCCCCCC)cc5)C=C4O)C3=O)c(O)c2)cc1. The number of hydrogen-bond donors (Lipinski definition) is 3. The summed E-state index contributed by atoms with van der Waals surface area (Å²) in [5.74, 6) is -0.909. The molecule has 5 aromatic carbocycles. The highest BCUT2D eigenvalue weighted by molar-refractivity contribution is 6.40. The fourth-order valence-electron chi connectivity index (χ4n) is 11.2. The lowest BCUT2D eigenvalue weighted by atomic mass is 9.79. The molecule has 0 unspecified atom stereocenters. The maximum absolute atomic E-state index is 14.2. The standard InChI is InChI=1S/C72H92N2O4/c1-5-9-13-17-21-25-29-55-33-41-59(42-34-55)73(60-43-35-56(36-44-60)30-26-22-18-14-10-6-2)63-49-51-65(67(75)53-63)69-71(77)70(72(69)78)66-52-50-64(54-68(66)76)74(61-45-37-57(38-46-61)31-27-23-19-15-11-7-3)62-47-39-58(40-48-62)32-28-24-20-16-12-8-4/h33-54H,5-32H2,1-4H3,(H2,75,76,77,78)/p+1. The third kappa shape index (κ3) is 16.8. The molecule has 0 saturated heterocycles. The van der Waals surface area contributed by atoms with Crippen LogP contribution in [0.25, 0.3) is 5.57 Å². The Morgan fingerprint density at radius 1 is 0.397 bits per heavy atom. The van der Waals surface area contributed by atoms with E-state index < -0.39 is 5.78 Å². The van der Waals surface area contributed by atoms with Crippen molar-refractivity contribution in [2.24, 2.45) is 0 Å². The summed E-state index contributed by atoms with van der Waals surface area (Å²) in [6.45, 7) is 9.02. The molecule has 414 valence electrons. The van der Waals surface area contributed by atoms with Gasteiger partial charge in [-0.25, -0.2) is 0 Å². The fourth-order valence-corrected chi connectivity index (χ4v) is 11.2. The molecule has 78 heavy (non-hydrogen) atoms. The van der Waals surface area contributed by atoms with Gasteiger partial charge in [0.25, 0.3) is 0 Å². The number of unbranched alkanes of at least 4 members (excludes halogenated alkanes) is 20. The molecule has 0 aromatic heterocycles. The highest BCUT2D eigenvalue weighted by Gasteiger charge is 2.40. The Bertz CT molecular complexity index is 2690. The van der Waals surface area contributed by atoms with E-state index in [0.717, 1.165) is 59.8 Å². The molecule has 0 radical (unpaired) electrons. The van der Waals surface area contributed by atoms with Gasteiger partial charge in [-0.1, -0.05) is 205 Å². The monoisotopic (exact) mass is 1050 g/mol. The number of anilines is 3. The first-order chi connectivity index (χ1) is 38.2. The molecule has 5 aromatic rings. The molecule has 2 aliphatic rings. The minimum atomic E-state index is -0.434. The minimum Gasteiger partial charge on any atom is -0.507 e. The number of carbonyl (C=O) groups excluding carboxylic acids is 1. The van der Waals surface area contributed by atoms with E-state index >= 15 is 0 Å². The van der Waals surface area contributed by atoms with Crippen molar-refractivity contribution in [2.75, 3.05) is 4.90 Å². The number of rotatable bonds is 34. The second-order valence-corrected chi connectivity index (χ2v) is 22.2. The lowest BCUT2D eigenvalue weighted by molar-refractivity contribution is -0.111. The quantitative estimate of drug-likeness (QED) is 0.0217.